The van der Waals surface area contributed by atoms with Crippen LogP contribution in [0.4, 0.5) is 0 Å². The Hall–Kier alpha value is -3.06. The van der Waals surface area contributed by atoms with Crippen molar-refractivity contribution in [3.8, 4) is 0 Å². The van der Waals surface area contributed by atoms with Gasteiger partial charge in [-0.25, -0.2) is 4.98 Å². The van der Waals surface area contributed by atoms with E-state index < -0.39 is 0 Å². The number of hydrogen-bond donors (Lipinski definition) is 0. The molecule has 146 valence electrons. The van der Waals surface area contributed by atoms with Crippen LogP contribution in [0.1, 0.15) is 17.7 Å². The van der Waals surface area contributed by atoms with Gasteiger partial charge in [-0.15, -0.1) is 0 Å². The first-order chi connectivity index (χ1) is 13.6. The van der Waals surface area contributed by atoms with Crippen molar-refractivity contribution < 1.29 is 9.53 Å². The number of carbonyl (C=O) groups excluding carboxylic acids is 1. The van der Waals surface area contributed by atoms with Crippen LogP contribution in [0.5, 0.6) is 0 Å². The topological polar surface area (TPSA) is 77.3 Å². The van der Waals surface area contributed by atoms with E-state index in [1.54, 1.807) is 24.3 Å². The monoisotopic (exact) mass is 380 g/mol. The molecule has 0 atom stereocenters. The van der Waals surface area contributed by atoms with Gasteiger partial charge in [0.1, 0.15) is 0 Å². The first kappa shape index (κ1) is 19.7. The van der Waals surface area contributed by atoms with Gasteiger partial charge in [0.05, 0.1) is 36.1 Å². The Kier molecular flexibility index (Phi) is 6.49. The van der Waals surface area contributed by atoms with Crippen molar-refractivity contribution in [2.24, 2.45) is 0 Å². The molecule has 3 aromatic rings. The summed E-state index contributed by atoms with van der Waals surface area (Å²) >= 11 is 0. The Bertz CT molecular complexity index is 1000. The number of ether oxygens (including phenoxy) is 1. The van der Waals surface area contributed by atoms with Gasteiger partial charge in [-0.1, -0.05) is 18.2 Å². The summed E-state index contributed by atoms with van der Waals surface area (Å²) in [4.78, 5) is 35.8. The van der Waals surface area contributed by atoms with Gasteiger partial charge in [-0.05, 0) is 30.7 Å². The zero-order valence-corrected chi connectivity index (χ0v) is 16.2. The molecule has 0 aliphatic carbocycles. The molecule has 3 rings (SSSR count). The maximum atomic E-state index is 12.8. The van der Waals surface area contributed by atoms with E-state index in [1.165, 1.54) is 10.9 Å². The van der Waals surface area contributed by atoms with E-state index in [4.69, 9.17) is 4.74 Å². The van der Waals surface area contributed by atoms with Gasteiger partial charge < -0.3 is 9.64 Å². The fourth-order valence-corrected chi connectivity index (χ4v) is 3.05. The standard InChI is InChI=1S/C21H24N4O3/c1-16-6-5-8-18-20(16)23-15-25(21(18)27)11-9-19(26)24(12-13-28-2)14-17-7-3-4-10-22-17/h3-8,10,15H,9,11-14H2,1-2H3. The summed E-state index contributed by atoms with van der Waals surface area (Å²) in [5.74, 6) is -0.0565. The largest absolute Gasteiger partial charge is 0.383 e. The number of carbonyl (C=O) groups is 1. The number of fused-ring (bicyclic) bond motifs is 1. The van der Waals surface area contributed by atoms with Crippen molar-refractivity contribution in [1.29, 1.82) is 0 Å². The van der Waals surface area contributed by atoms with E-state index >= 15 is 0 Å². The third-order valence-electron chi connectivity index (χ3n) is 4.62. The third kappa shape index (κ3) is 4.61. The van der Waals surface area contributed by atoms with Crippen molar-refractivity contribution in [2.75, 3.05) is 20.3 Å². The fraction of sp³-hybridized carbons (Fsp3) is 0.333. The van der Waals surface area contributed by atoms with Crippen LogP contribution in [0, 0.1) is 6.92 Å². The van der Waals surface area contributed by atoms with Crippen LogP contribution in [0.15, 0.2) is 53.7 Å². The molecule has 0 saturated carbocycles. The van der Waals surface area contributed by atoms with Crippen molar-refractivity contribution in [2.45, 2.75) is 26.4 Å². The van der Waals surface area contributed by atoms with Crippen molar-refractivity contribution >= 4 is 16.8 Å². The average molecular weight is 380 g/mol. The number of benzene rings is 1. The van der Waals surface area contributed by atoms with E-state index in [9.17, 15) is 9.59 Å². The predicted molar refractivity (Wildman–Crippen MR) is 107 cm³/mol. The van der Waals surface area contributed by atoms with Crippen molar-refractivity contribution in [3.63, 3.8) is 0 Å². The average Bonchev–Trinajstić information content (AvgIpc) is 2.71. The molecule has 0 aliphatic rings. The molecule has 2 heterocycles. The quantitative estimate of drug-likeness (QED) is 0.599. The molecule has 2 aromatic heterocycles. The van der Waals surface area contributed by atoms with E-state index in [-0.39, 0.29) is 24.4 Å². The third-order valence-corrected chi connectivity index (χ3v) is 4.62. The molecule has 0 N–H and O–H groups in total. The van der Waals surface area contributed by atoms with Gasteiger partial charge in [0.15, 0.2) is 0 Å². The first-order valence-corrected chi connectivity index (χ1v) is 9.21. The lowest BCUT2D eigenvalue weighted by Crippen LogP contribution is -2.35. The SMILES string of the molecule is COCCN(Cc1ccccn1)C(=O)CCn1cnc2c(C)cccc2c1=O. The number of methoxy groups -OCH3 is 1. The molecule has 0 saturated heterocycles. The molecule has 0 aliphatic heterocycles. The number of hydrogen-bond acceptors (Lipinski definition) is 5. The van der Waals surface area contributed by atoms with Crippen LogP contribution in [0.25, 0.3) is 10.9 Å². The van der Waals surface area contributed by atoms with Crippen LogP contribution >= 0.6 is 0 Å². The number of pyridine rings is 1. The molecule has 0 spiro atoms. The second-order valence-corrected chi connectivity index (χ2v) is 6.59. The molecule has 0 bridgehead atoms. The second-order valence-electron chi connectivity index (χ2n) is 6.59. The molecule has 28 heavy (non-hydrogen) atoms. The van der Waals surface area contributed by atoms with E-state index in [0.717, 1.165) is 11.3 Å². The second kappa shape index (κ2) is 9.23. The summed E-state index contributed by atoms with van der Waals surface area (Å²) in [5, 5.41) is 0.569. The maximum absolute atomic E-state index is 12.8. The van der Waals surface area contributed by atoms with Crippen LogP contribution in [0.2, 0.25) is 0 Å². The fourth-order valence-electron chi connectivity index (χ4n) is 3.05. The van der Waals surface area contributed by atoms with Gasteiger partial charge in [0.2, 0.25) is 5.91 Å². The summed E-state index contributed by atoms with van der Waals surface area (Å²) in [7, 11) is 1.60. The lowest BCUT2D eigenvalue weighted by Gasteiger charge is -2.22. The molecule has 7 nitrogen and oxygen atoms in total. The molecule has 1 amide bonds. The highest BCUT2D eigenvalue weighted by Gasteiger charge is 2.15. The molecule has 0 radical (unpaired) electrons. The van der Waals surface area contributed by atoms with Crippen molar-refractivity contribution in [3.05, 3.63) is 70.5 Å². The van der Waals surface area contributed by atoms with Gasteiger partial charge in [-0.2, -0.15) is 0 Å². The van der Waals surface area contributed by atoms with Gasteiger partial charge >= 0.3 is 0 Å². The Morgan fingerprint density at radius 2 is 2.04 bits per heavy atom. The lowest BCUT2D eigenvalue weighted by atomic mass is 10.1. The van der Waals surface area contributed by atoms with Crippen LogP contribution in [0.3, 0.4) is 0 Å². The highest BCUT2D eigenvalue weighted by atomic mass is 16.5. The minimum Gasteiger partial charge on any atom is -0.383 e. The van der Waals surface area contributed by atoms with Crippen molar-refractivity contribution in [1.82, 2.24) is 19.4 Å². The highest BCUT2D eigenvalue weighted by Crippen LogP contribution is 2.11. The maximum Gasteiger partial charge on any atom is 0.261 e. The first-order valence-electron chi connectivity index (χ1n) is 9.21. The number of rotatable bonds is 8. The van der Waals surface area contributed by atoms with Crippen LogP contribution in [-0.4, -0.2) is 45.6 Å². The minimum absolute atomic E-state index is 0.0565. The molecular weight excluding hydrogens is 356 g/mol. The number of nitrogens with zero attached hydrogens (tertiary/aromatic N) is 4. The van der Waals surface area contributed by atoms with Crippen LogP contribution < -0.4 is 5.56 Å². The summed E-state index contributed by atoms with van der Waals surface area (Å²) in [6.45, 7) is 3.52. The lowest BCUT2D eigenvalue weighted by molar-refractivity contribution is -0.132. The summed E-state index contributed by atoms with van der Waals surface area (Å²) in [5.41, 5.74) is 2.34. The Balaban J connectivity index is 1.72. The minimum atomic E-state index is -0.130. The summed E-state index contributed by atoms with van der Waals surface area (Å²) < 4.78 is 6.62. The Morgan fingerprint density at radius 1 is 1.18 bits per heavy atom. The van der Waals surface area contributed by atoms with Gasteiger partial charge in [0, 0.05) is 32.8 Å². The molecular formula is C21H24N4O3. The molecule has 0 unspecified atom stereocenters. The smallest absolute Gasteiger partial charge is 0.261 e. The van der Waals surface area contributed by atoms with Gasteiger partial charge in [0.25, 0.3) is 5.56 Å². The molecule has 7 heteroatoms. The molecule has 1 aromatic carbocycles. The molecule has 0 fully saturated rings. The number of aromatic nitrogens is 3. The zero-order chi connectivity index (χ0) is 19.9. The normalized spacial score (nSPS) is 10.9. The number of para-hydroxylation sites is 1. The summed E-state index contributed by atoms with van der Waals surface area (Å²) in [6.07, 6.45) is 3.43. The van der Waals surface area contributed by atoms with E-state index in [2.05, 4.69) is 9.97 Å². The predicted octanol–water partition coefficient (Wildman–Crippen LogP) is 2.17. The van der Waals surface area contributed by atoms with Gasteiger partial charge in [-0.3, -0.25) is 19.1 Å². The van der Waals surface area contributed by atoms with Crippen LogP contribution in [-0.2, 0) is 22.6 Å². The number of aryl methyl sites for hydroxylation is 2. The Labute approximate surface area is 163 Å². The highest BCUT2D eigenvalue weighted by molar-refractivity contribution is 5.80. The number of amides is 1. The van der Waals surface area contributed by atoms with E-state index in [1.807, 2.05) is 37.3 Å². The zero-order valence-electron chi connectivity index (χ0n) is 16.2. The van der Waals surface area contributed by atoms with E-state index in [0.29, 0.717) is 30.6 Å². The Morgan fingerprint density at radius 3 is 2.79 bits per heavy atom. The summed E-state index contributed by atoms with van der Waals surface area (Å²) in [6, 6.07) is 11.1.